The summed E-state index contributed by atoms with van der Waals surface area (Å²) in [5.41, 5.74) is 0. The van der Waals surface area contributed by atoms with Gasteiger partial charge in [0.2, 0.25) is 0 Å². The first kappa shape index (κ1) is 26.1. The van der Waals surface area contributed by atoms with E-state index >= 15 is 0 Å². The van der Waals surface area contributed by atoms with Gasteiger partial charge in [-0.25, -0.2) is 4.79 Å². The van der Waals surface area contributed by atoms with Gasteiger partial charge in [-0.2, -0.15) is 0 Å². The van der Waals surface area contributed by atoms with Gasteiger partial charge in [0, 0.05) is 45.3 Å². The van der Waals surface area contributed by atoms with Gasteiger partial charge >= 0.3 is 17.9 Å². The van der Waals surface area contributed by atoms with E-state index in [9.17, 15) is 14.4 Å². The Morgan fingerprint density at radius 1 is 0.897 bits per heavy atom. The van der Waals surface area contributed by atoms with Crippen molar-refractivity contribution in [1.29, 1.82) is 0 Å². The molecule has 0 spiro atoms. The Morgan fingerprint density at radius 2 is 1.24 bits per heavy atom. The van der Waals surface area contributed by atoms with Crippen molar-refractivity contribution in [2.45, 2.75) is 39.5 Å². The highest BCUT2D eigenvalue weighted by atomic mass is 16.4. The van der Waals surface area contributed by atoms with E-state index in [1.54, 1.807) is 0 Å². The third-order valence-electron chi connectivity index (χ3n) is 4.13. The molecule has 0 unspecified atom stereocenters. The molecule has 3 N–H and O–H groups in total. The van der Waals surface area contributed by atoms with Crippen LogP contribution in [0, 0.1) is 0 Å². The maximum Gasteiger partial charge on any atom is 0.327 e. The molecule has 0 amide bonds. The first-order valence-electron chi connectivity index (χ1n) is 9.48. The molecule has 0 radical (unpaired) electrons. The SMILES string of the molecule is C=CC(=O)O.CC1=NCCCN1CCC(=O)O.CC1=NCCCN1CCC(=O)O. The number of aliphatic imine (C=N–C) groups is 2. The minimum atomic E-state index is -0.981. The van der Waals surface area contributed by atoms with E-state index in [2.05, 4.69) is 16.6 Å². The molecule has 2 aliphatic rings. The van der Waals surface area contributed by atoms with Gasteiger partial charge in [-0.3, -0.25) is 19.6 Å². The summed E-state index contributed by atoms with van der Waals surface area (Å²) in [5, 5.41) is 24.5. The molecule has 2 aliphatic heterocycles. The predicted molar refractivity (Wildman–Crippen MR) is 111 cm³/mol. The lowest BCUT2D eigenvalue weighted by molar-refractivity contribution is -0.138. The lowest BCUT2D eigenvalue weighted by atomic mass is 10.3. The largest absolute Gasteiger partial charge is 0.481 e. The Labute approximate surface area is 171 Å². The van der Waals surface area contributed by atoms with Crippen molar-refractivity contribution in [3.8, 4) is 0 Å². The van der Waals surface area contributed by atoms with Gasteiger partial charge in [-0.05, 0) is 26.7 Å². The lowest BCUT2D eigenvalue weighted by Crippen LogP contribution is -2.35. The zero-order chi connectivity index (χ0) is 22.2. The average molecular weight is 412 g/mol. The third-order valence-corrected chi connectivity index (χ3v) is 4.13. The van der Waals surface area contributed by atoms with Crippen LogP contribution in [0.1, 0.15) is 39.5 Å². The van der Waals surface area contributed by atoms with Crippen molar-refractivity contribution in [3.63, 3.8) is 0 Å². The minimum absolute atomic E-state index is 0.201. The number of carboxylic acids is 3. The molecule has 0 aromatic rings. The van der Waals surface area contributed by atoms with Crippen LogP contribution in [0.5, 0.6) is 0 Å². The Morgan fingerprint density at radius 3 is 1.48 bits per heavy atom. The Hall–Kier alpha value is -2.91. The first-order valence-corrected chi connectivity index (χ1v) is 9.48. The number of carboxylic acid groups (broad SMARTS) is 3. The topological polar surface area (TPSA) is 143 Å². The van der Waals surface area contributed by atoms with Crippen molar-refractivity contribution < 1.29 is 29.7 Å². The molecule has 10 nitrogen and oxygen atoms in total. The number of nitrogens with zero attached hydrogens (tertiary/aromatic N) is 4. The van der Waals surface area contributed by atoms with Gasteiger partial charge in [-0.1, -0.05) is 6.58 Å². The van der Waals surface area contributed by atoms with Gasteiger partial charge in [0.15, 0.2) is 0 Å². The summed E-state index contributed by atoms with van der Waals surface area (Å²) in [5.74, 6) is -0.517. The summed E-state index contributed by atoms with van der Waals surface area (Å²) >= 11 is 0. The Kier molecular flexibility index (Phi) is 13.6. The predicted octanol–water partition coefficient (Wildman–Crippen LogP) is 1.43. The zero-order valence-corrected chi connectivity index (χ0v) is 17.2. The molecule has 0 fully saturated rings. The lowest BCUT2D eigenvalue weighted by Gasteiger charge is -2.26. The zero-order valence-electron chi connectivity index (χ0n) is 17.2. The van der Waals surface area contributed by atoms with E-state index in [0.717, 1.165) is 56.8 Å². The molecule has 164 valence electrons. The van der Waals surface area contributed by atoms with E-state index in [0.29, 0.717) is 13.1 Å². The van der Waals surface area contributed by atoms with E-state index < -0.39 is 17.9 Å². The summed E-state index contributed by atoms with van der Waals surface area (Å²) in [6.07, 6.45) is 3.31. The average Bonchev–Trinajstić information content (AvgIpc) is 2.67. The first-order chi connectivity index (χ1) is 13.7. The van der Waals surface area contributed by atoms with Crippen LogP contribution in [0.4, 0.5) is 0 Å². The van der Waals surface area contributed by atoms with Crippen LogP contribution < -0.4 is 0 Å². The van der Waals surface area contributed by atoms with E-state index in [1.807, 2.05) is 23.6 Å². The molecule has 0 saturated carbocycles. The maximum atomic E-state index is 10.3. The fraction of sp³-hybridized carbons (Fsp3) is 0.632. The number of hydrogen-bond acceptors (Lipinski definition) is 7. The second-order valence-electron chi connectivity index (χ2n) is 6.37. The monoisotopic (exact) mass is 412 g/mol. The summed E-state index contributed by atoms with van der Waals surface area (Å²) in [6.45, 7) is 11.7. The number of aliphatic carboxylic acids is 3. The maximum absolute atomic E-state index is 10.3. The Balaban J connectivity index is 0.000000442. The highest BCUT2D eigenvalue weighted by molar-refractivity contribution is 5.81. The molecule has 0 saturated heterocycles. The van der Waals surface area contributed by atoms with Crippen molar-refractivity contribution in [1.82, 2.24) is 9.80 Å². The van der Waals surface area contributed by atoms with Gasteiger partial charge < -0.3 is 25.1 Å². The molecule has 10 heteroatoms. The Bertz CT molecular complexity index is 574. The van der Waals surface area contributed by atoms with Crippen LogP contribution in [0.3, 0.4) is 0 Å². The standard InChI is InChI=1S/2C8H14N2O2.C3H4O2/c2*1-7-9-4-2-5-10(7)6-3-8(11)12;1-2-3(4)5/h2*2-6H2,1H3,(H,11,12);2H,1H2,(H,4,5). The third kappa shape index (κ3) is 13.8. The summed E-state index contributed by atoms with van der Waals surface area (Å²) in [6, 6.07) is 0. The summed E-state index contributed by atoms with van der Waals surface area (Å²) in [4.78, 5) is 42.3. The quantitative estimate of drug-likeness (QED) is 0.533. The molecule has 0 atom stereocenters. The summed E-state index contributed by atoms with van der Waals surface area (Å²) in [7, 11) is 0. The van der Waals surface area contributed by atoms with Crippen molar-refractivity contribution in [3.05, 3.63) is 12.7 Å². The summed E-state index contributed by atoms with van der Waals surface area (Å²) < 4.78 is 0. The number of amidine groups is 2. The van der Waals surface area contributed by atoms with Crippen LogP contribution in [-0.4, -0.2) is 94.0 Å². The van der Waals surface area contributed by atoms with Crippen LogP contribution in [-0.2, 0) is 14.4 Å². The van der Waals surface area contributed by atoms with Crippen molar-refractivity contribution in [2.24, 2.45) is 9.98 Å². The number of hydrogen-bond donors (Lipinski definition) is 3. The van der Waals surface area contributed by atoms with Crippen LogP contribution >= 0.6 is 0 Å². The van der Waals surface area contributed by atoms with Gasteiger partial charge in [-0.15, -0.1) is 0 Å². The van der Waals surface area contributed by atoms with Gasteiger partial charge in [0.05, 0.1) is 24.5 Å². The molecule has 0 aromatic carbocycles. The van der Waals surface area contributed by atoms with Gasteiger partial charge in [0.25, 0.3) is 0 Å². The van der Waals surface area contributed by atoms with E-state index in [-0.39, 0.29) is 12.8 Å². The van der Waals surface area contributed by atoms with E-state index in [4.69, 9.17) is 15.3 Å². The number of rotatable bonds is 7. The van der Waals surface area contributed by atoms with Gasteiger partial charge in [0.1, 0.15) is 0 Å². The number of carbonyl (C=O) groups is 3. The highest BCUT2D eigenvalue weighted by Gasteiger charge is 2.12. The van der Waals surface area contributed by atoms with E-state index in [1.165, 1.54) is 0 Å². The van der Waals surface area contributed by atoms with Crippen molar-refractivity contribution >= 4 is 29.6 Å². The molecule has 29 heavy (non-hydrogen) atoms. The molecular formula is C19H32N4O6. The second kappa shape index (κ2) is 15.1. The smallest absolute Gasteiger partial charge is 0.327 e. The molecule has 0 aliphatic carbocycles. The molecule has 2 rings (SSSR count). The fourth-order valence-electron chi connectivity index (χ4n) is 2.54. The molecule has 0 bridgehead atoms. The molecule has 2 heterocycles. The normalized spacial score (nSPS) is 15.5. The van der Waals surface area contributed by atoms with Crippen LogP contribution in [0.15, 0.2) is 22.6 Å². The molecule has 0 aromatic heterocycles. The van der Waals surface area contributed by atoms with Crippen molar-refractivity contribution in [2.75, 3.05) is 39.3 Å². The second-order valence-corrected chi connectivity index (χ2v) is 6.37. The molecular weight excluding hydrogens is 380 g/mol. The highest BCUT2D eigenvalue weighted by Crippen LogP contribution is 2.04. The minimum Gasteiger partial charge on any atom is -0.481 e. The fourth-order valence-corrected chi connectivity index (χ4v) is 2.54. The van der Waals surface area contributed by atoms with Crippen LogP contribution in [0.25, 0.3) is 0 Å². The van der Waals surface area contributed by atoms with Crippen LogP contribution in [0.2, 0.25) is 0 Å².